The van der Waals surface area contributed by atoms with E-state index in [-0.39, 0.29) is 23.1 Å². The minimum atomic E-state index is -0.588. The van der Waals surface area contributed by atoms with Gasteiger partial charge in [-0.05, 0) is 60.6 Å². The van der Waals surface area contributed by atoms with Gasteiger partial charge >= 0.3 is 0 Å². The Morgan fingerprint density at radius 3 is 2.58 bits per heavy atom. The standard InChI is InChI=1S/C22H17BrFN5O3S/c1-12-6-19(14(8-18(12)23)7-17-20(30)25-22(33)26-21(17)31)32-11-16-10-29(28-27-16)9-13-2-4-15(24)5-3-13/h2-8,10H,9,11H2,1H3,(H2,25,26,30,31,33). The van der Waals surface area contributed by atoms with E-state index in [0.717, 1.165) is 15.6 Å². The van der Waals surface area contributed by atoms with Crippen LogP contribution in [-0.2, 0) is 22.7 Å². The molecule has 0 spiro atoms. The van der Waals surface area contributed by atoms with Gasteiger partial charge in [-0.25, -0.2) is 9.07 Å². The van der Waals surface area contributed by atoms with Crippen molar-refractivity contribution in [1.82, 2.24) is 25.6 Å². The number of amides is 2. The second kappa shape index (κ2) is 9.59. The smallest absolute Gasteiger partial charge is 0.263 e. The van der Waals surface area contributed by atoms with Crippen LogP contribution < -0.4 is 15.4 Å². The average molecular weight is 530 g/mol. The fourth-order valence-corrected chi connectivity index (χ4v) is 3.63. The number of thiocarbonyl (C=S) groups is 1. The first-order valence-corrected chi connectivity index (χ1v) is 10.9. The van der Waals surface area contributed by atoms with Crippen molar-refractivity contribution in [1.29, 1.82) is 0 Å². The number of aryl methyl sites for hydroxylation is 1. The highest BCUT2D eigenvalue weighted by Crippen LogP contribution is 2.30. The van der Waals surface area contributed by atoms with E-state index in [2.05, 4.69) is 36.9 Å². The molecule has 0 aliphatic carbocycles. The molecule has 0 unspecified atom stereocenters. The first-order valence-electron chi connectivity index (χ1n) is 9.73. The van der Waals surface area contributed by atoms with Gasteiger partial charge in [-0.2, -0.15) is 0 Å². The maximum atomic E-state index is 13.1. The minimum absolute atomic E-state index is 0.0348. The summed E-state index contributed by atoms with van der Waals surface area (Å²) in [6, 6.07) is 9.70. The Labute approximate surface area is 201 Å². The van der Waals surface area contributed by atoms with E-state index in [4.69, 9.17) is 17.0 Å². The molecule has 1 fully saturated rings. The van der Waals surface area contributed by atoms with Crippen LogP contribution in [0.4, 0.5) is 4.39 Å². The average Bonchev–Trinajstić information content (AvgIpc) is 3.21. The first-order chi connectivity index (χ1) is 15.8. The number of carbonyl (C=O) groups is 2. The molecular weight excluding hydrogens is 513 g/mol. The maximum Gasteiger partial charge on any atom is 0.263 e. The summed E-state index contributed by atoms with van der Waals surface area (Å²) in [4.78, 5) is 24.4. The van der Waals surface area contributed by atoms with Crippen molar-refractivity contribution < 1.29 is 18.7 Å². The number of carbonyl (C=O) groups excluding carboxylic acids is 2. The van der Waals surface area contributed by atoms with Crippen LogP contribution in [0.5, 0.6) is 5.75 Å². The largest absolute Gasteiger partial charge is 0.487 e. The van der Waals surface area contributed by atoms with Gasteiger partial charge in [0.15, 0.2) is 5.11 Å². The number of ether oxygens (including phenoxy) is 1. The van der Waals surface area contributed by atoms with E-state index in [1.165, 1.54) is 18.2 Å². The van der Waals surface area contributed by atoms with E-state index in [0.29, 0.717) is 23.6 Å². The molecule has 0 saturated carbocycles. The molecule has 3 aromatic rings. The quantitative estimate of drug-likeness (QED) is 0.289. The van der Waals surface area contributed by atoms with Gasteiger partial charge in [-0.15, -0.1) is 5.10 Å². The molecule has 0 atom stereocenters. The van der Waals surface area contributed by atoms with Gasteiger partial charge in [-0.1, -0.05) is 33.3 Å². The van der Waals surface area contributed by atoms with E-state index >= 15 is 0 Å². The van der Waals surface area contributed by atoms with Crippen LogP contribution >= 0.6 is 28.1 Å². The zero-order chi connectivity index (χ0) is 23.5. The molecule has 2 N–H and O–H groups in total. The van der Waals surface area contributed by atoms with Gasteiger partial charge in [0.25, 0.3) is 11.8 Å². The Kier molecular flexibility index (Phi) is 6.61. The lowest BCUT2D eigenvalue weighted by atomic mass is 10.1. The summed E-state index contributed by atoms with van der Waals surface area (Å²) < 4.78 is 21.4. The Morgan fingerprint density at radius 2 is 1.88 bits per heavy atom. The normalized spacial score (nSPS) is 13.5. The SMILES string of the molecule is Cc1cc(OCc2cn(Cc3ccc(F)cc3)nn2)c(C=C2C(=O)NC(=S)NC2=O)cc1Br. The predicted octanol–water partition coefficient (Wildman–Crippen LogP) is 3.03. The van der Waals surface area contributed by atoms with Gasteiger partial charge < -0.3 is 4.74 Å². The Morgan fingerprint density at radius 1 is 1.18 bits per heavy atom. The van der Waals surface area contributed by atoms with Crippen molar-refractivity contribution in [3.63, 3.8) is 0 Å². The number of halogens is 2. The lowest BCUT2D eigenvalue weighted by Gasteiger charge is -2.17. The van der Waals surface area contributed by atoms with Crippen molar-refractivity contribution in [2.75, 3.05) is 0 Å². The van der Waals surface area contributed by atoms with Crippen molar-refractivity contribution in [2.24, 2.45) is 0 Å². The summed E-state index contributed by atoms with van der Waals surface area (Å²) in [5.74, 6) is -1.01. The summed E-state index contributed by atoms with van der Waals surface area (Å²) >= 11 is 8.30. The third-order valence-corrected chi connectivity index (χ3v) is 5.81. The van der Waals surface area contributed by atoms with Gasteiger partial charge in [0.05, 0.1) is 12.7 Å². The molecule has 1 aliphatic rings. The van der Waals surface area contributed by atoms with Crippen molar-refractivity contribution >= 4 is 51.2 Å². The molecule has 1 aliphatic heterocycles. The molecule has 2 aromatic carbocycles. The number of hydrogen-bond acceptors (Lipinski definition) is 6. The van der Waals surface area contributed by atoms with Crippen LogP contribution in [0.2, 0.25) is 0 Å². The minimum Gasteiger partial charge on any atom is -0.487 e. The van der Waals surface area contributed by atoms with E-state index < -0.39 is 11.8 Å². The zero-order valence-corrected chi connectivity index (χ0v) is 19.7. The van der Waals surface area contributed by atoms with Gasteiger partial charge in [0.2, 0.25) is 0 Å². The van der Waals surface area contributed by atoms with Crippen molar-refractivity contribution in [2.45, 2.75) is 20.1 Å². The highest BCUT2D eigenvalue weighted by Gasteiger charge is 2.26. The second-order valence-corrected chi connectivity index (χ2v) is 8.52. The Balaban J connectivity index is 1.52. The van der Waals surface area contributed by atoms with Crippen LogP contribution in [0.25, 0.3) is 6.08 Å². The molecule has 8 nitrogen and oxygen atoms in total. The van der Waals surface area contributed by atoms with Gasteiger partial charge in [0.1, 0.15) is 29.4 Å². The lowest BCUT2D eigenvalue weighted by molar-refractivity contribution is -0.123. The molecular formula is C22H17BrFN5O3S. The highest BCUT2D eigenvalue weighted by atomic mass is 79.9. The van der Waals surface area contributed by atoms with Crippen LogP contribution in [0, 0.1) is 12.7 Å². The van der Waals surface area contributed by atoms with E-state index in [9.17, 15) is 14.0 Å². The number of benzene rings is 2. The van der Waals surface area contributed by atoms with E-state index in [1.54, 1.807) is 35.1 Å². The number of hydrogen-bond donors (Lipinski definition) is 2. The summed E-state index contributed by atoms with van der Waals surface area (Å²) in [6.07, 6.45) is 3.17. The van der Waals surface area contributed by atoms with Crippen LogP contribution in [0.3, 0.4) is 0 Å². The third kappa shape index (κ3) is 5.49. The molecule has 2 amide bonds. The number of aromatic nitrogens is 3. The van der Waals surface area contributed by atoms with E-state index in [1.807, 2.05) is 6.92 Å². The monoisotopic (exact) mass is 529 g/mol. The Hall–Kier alpha value is -3.44. The molecule has 0 bridgehead atoms. The molecule has 1 aromatic heterocycles. The topological polar surface area (TPSA) is 98.1 Å². The van der Waals surface area contributed by atoms with Gasteiger partial charge in [-0.3, -0.25) is 20.2 Å². The number of rotatable bonds is 6. The van der Waals surface area contributed by atoms with Crippen LogP contribution in [0.15, 0.2) is 52.6 Å². The molecule has 4 rings (SSSR count). The Bertz CT molecular complexity index is 1270. The number of nitrogens with one attached hydrogen (secondary N) is 2. The second-order valence-electron chi connectivity index (χ2n) is 7.26. The van der Waals surface area contributed by atoms with Crippen molar-refractivity contribution in [3.8, 4) is 5.75 Å². The summed E-state index contributed by atoms with van der Waals surface area (Å²) in [5.41, 5.74) is 2.81. The number of nitrogens with zero attached hydrogens (tertiary/aromatic N) is 3. The lowest BCUT2D eigenvalue weighted by Crippen LogP contribution is -2.51. The molecule has 168 valence electrons. The van der Waals surface area contributed by atoms with Gasteiger partial charge in [0, 0.05) is 10.0 Å². The fraction of sp³-hybridized carbons (Fsp3) is 0.136. The molecule has 2 heterocycles. The first kappa shape index (κ1) is 22.7. The van der Waals surface area contributed by atoms with Crippen LogP contribution in [0.1, 0.15) is 22.4 Å². The fourth-order valence-electron chi connectivity index (χ4n) is 3.08. The molecule has 0 radical (unpaired) electrons. The molecule has 1 saturated heterocycles. The maximum absolute atomic E-state index is 13.1. The molecule has 11 heteroatoms. The molecule has 33 heavy (non-hydrogen) atoms. The third-order valence-electron chi connectivity index (χ3n) is 4.75. The predicted molar refractivity (Wildman–Crippen MR) is 126 cm³/mol. The summed E-state index contributed by atoms with van der Waals surface area (Å²) in [5, 5.41) is 13.0. The summed E-state index contributed by atoms with van der Waals surface area (Å²) in [6.45, 7) is 2.45. The zero-order valence-electron chi connectivity index (χ0n) is 17.3. The highest BCUT2D eigenvalue weighted by molar-refractivity contribution is 9.10. The van der Waals surface area contributed by atoms with Crippen molar-refractivity contribution in [3.05, 3.63) is 80.8 Å². The summed E-state index contributed by atoms with van der Waals surface area (Å²) in [7, 11) is 0. The van der Waals surface area contributed by atoms with Crippen LogP contribution in [-0.4, -0.2) is 31.9 Å².